The Bertz CT molecular complexity index is 1020. The highest BCUT2D eigenvalue weighted by molar-refractivity contribution is 7.89. The van der Waals surface area contributed by atoms with Gasteiger partial charge in [0.1, 0.15) is 11.5 Å². The summed E-state index contributed by atoms with van der Waals surface area (Å²) in [7, 11) is -2.42. The maximum absolute atomic E-state index is 12.2. The van der Waals surface area contributed by atoms with Crippen molar-refractivity contribution in [1.82, 2.24) is 15.6 Å². The van der Waals surface area contributed by atoms with E-state index in [-0.39, 0.29) is 17.9 Å². The molecule has 0 aliphatic heterocycles. The summed E-state index contributed by atoms with van der Waals surface area (Å²) in [5.41, 5.74) is 4.34. The molecule has 168 valence electrons. The summed E-state index contributed by atoms with van der Waals surface area (Å²) in [6.07, 6.45) is 0.438. The lowest BCUT2D eigenvalue weighted by molar-refractivity contribution is -0.128. The van der Waals surface area contributed by atoms with Crippen LogP contribution in [-0.2, 0) is 19.6 Å². The Morgan fingerprint density at radius 3 is 2.32 bits per heavy atom. The monoisotopic (exact) mass is 489 g/mol. The molecule has 12 heteroatoms. The van der Waals surface area contributed by atoms with Gasteiger partial charge in [0.2, 0.25) is 15.9 Å². The summed E-state index contributed by atoms with van der Waals surface area (Å²) in [6.45, 7) is -0.322. The van der Waals surface area contributed by atoms with Gasteiger partial charge in [-0.15, -0.1) is 0 Å². The van der Waals surface area contributed by atoms with E-state index in [1.165, 1.54) is 31.4 Å². The second-order valence-corrected chi connectivity index (χ2v) is 8.73. The quantitative estimate of drug-likeness (QED) is 0.347. The molecule has 2 aromatic carbocycles. The van der Waals surface area contributed by atoms with Crippen molar-refractivity contribution in [1.29, 1.82) is 0 Å². The molecule has 9 nitrogen and oxygen atoms in total. The Hall–Kier alpha value is -2.53. The zero-order valence-corrected chi connectivity index (χ0v) is 18.8. The van der Waals surface area contributed by atoms with Crippen LogP contribution in [0.15, 0.2) is 47.4 Å². The van der Waals surface area contributed by atoms with Crippen LogP contribution in [0.5, 0.6) is 11.5 Å². The molecule has 2 amide bonds. The Morgan fingerprint density at radius 2 is 1.68 bits per heavy atom. The van der Waals surface area contributed by atoms with Gasteiger partial charge < -0.3 is 9.47 Å². The summed E-state index contributed by atoms with van der Waals surface area (Å²) in [5.74, 6) is -0.239. The fourth-order valence-electron chi connectivity index (χ4n) is 2.25. The van der Waals surface area contributed by atoms with Crippen LogP contribution in [0.2, 0.25) is 10.0 Å². The lowest BCUT2D eigenvalue weighted by atomic mass is 10.3. The highest BCUT2D eigenvalue weighted by atomic mass is 35.5. The molecule has 0 aromatic heterocycles. The van der Waals surface area contributed by atoms with Crippen LogP contribution < -0.4 is 25.0 Å². The molecule has 31 heavy (non-hydrogen) atoms. The zero-order valence-electron chi connectivity index (χ0n) is 16.5. The van der Waals surface area contributed by atoms with Crippen molar-refractivity contribution in [3.05, 3.63) is 52.5 Å². The molecule has 0 atom stereocenters. The van der Waals surface area contributed by atoms with Crippen LogP contribution >= 0.6 is 23.2 Å². The number of nitrogens with one attached hydrogen (secondary N) is 3. The average Bonchev–Trinajstić information content (AvgIpc) is 2.75. The molecule has 0 heterocycles. The van der Waals surface area contributed by atoms with Crippen molar-refractivity contribution in [2.24, 2.45) is 0 Å². The van der Waals surface area contributed by atoms with Crippen LogP contribution in [0, 0.1) is 0 Å². The van der Waals surface area contributed by atoms with Crippen LogP contribution in [-0.4, -0.2) is 40.5 Å². The molecule has 0 radical (unpaired) electrons. The standard InChI is InChI=1S/C19H21Cl2N3O6S/c1-29-14-5-7-15(8-6-14)31(27,28)22-12-19(26)24-23-18(25)3-2-10-30-17-9-4-13(20)11-16(17)21/h4-9,11,22H,2-3,10,12H2,1H3,(H,23,25)(H,24,26). The molecule has 0 fully saturated rings. The first-order valence-electron chi connectivity index (χ1n) is 9.00. The summed E-state index contributed by atoms with van der Waals surface area (Å²) in [6, 6.07) is 10.5. The number of ether oxygens (including phenoxy) is 2. The Morgan fingerprint density at radius 1 is 1.00 bits per heavy atom. The Balaban J connectivity index is 1.66. The highest BCUT2D eigenvalue weighted by Gasteiger charge is 2.16. The maximum atomic E-state index is 12.2. The maximum Gasteiger partial charge on any atom is 0.253 e. The number of hydrogen-bond acceptors (Lipinski definition) is 6. The van der Waals surface area contributed by atoms with E-state index in [4.69, 9.17) is 32.7 Å². The minimum atomic E-state index is -3.88. The number of halogens is 2. The largest absolute Gasteiger partial charge is 0.497 e. The van der Waals surface area contributed by atoms with Crippen molar-refractivity contribution in [3.8, 4) is 11.5 Å². The van der Waals surface area contributed by atoms with E-state index in [0.29, 0.717) is 28.0 Å². The van der Waals surface area contributed by atoms with Gasteiger partial charge in [-0.05, 0) is 48.9 Å². The fourth-order valence-corrected chi connectivity index (χ4v) is 3.70. The second-order valence-electron chi connectivity index (χ2n) is 6.12. The SMILES string of the molecule is COc1ccc(S(=O)(=O)NCC(=O)NNC(=O)CCCOc2ccc(Cl)cc2Cl)cc1. The van der Waals surface area contributed by atoms with Crippen LogP contribution in [0.1, 0.15) is 12.8 Å². The topological polar surface area (TPSA) is 123 Å². The molecule has 0 bridgehead atoms. The Kier molecular flexibility index (Phi) is 9.38. The van der Waals surface area contributed by atoms with Gasteiger partial charge in [0.05, 0.1) is 30.2 Å². The van der Waals surface area contributed by atoms with Gasteiger partial charge in [-0.3, -0.25) is 20.4 Å². The summed E-state index contributed by atoms with van der Waals surface area (Å²) < 4.78 is 36.9. The van der Waals surface area contributed by atoms with Crippen molar-refractivity contribution in [3.63, 3.8) is 0 Å². The third kappa shape index (κ3) is 8.25. The van der Waals surface area contributed by atoms with Crippen LogP contribution in [0.4, 0.5) is 0 Å². The first kappa shape index (κ1) is 24.7. The number of benzene rings is 2. The van der Waals surface area contributed by atoms with Gasteiger partial charge in [-0.25, -0.2) is 13.1 Å². The number of amides is 2. The van der Waals surface area contributed by atoms with E-state index in [2.05, 4.69) is 15.6 Å². The molecule has 3 N–H and O–H groups in total. The first-order chi connectivity index (χ1) is 14.7. The summed E-state index contributed by atoms with van der Waals surface area (Å²) in [4.78, 5) is 23.5. The molecule has 0 spiro atoms. The molecule has 0 aliphatic carbocycles. The number of carbonyl (C=O) groups excluding carboxylic acids is 2. The predicted octanol–water partition coefficient (Wildman–Crippen LogP) is 2.29. The van der Waals surface area contributed by atoms with E-state index < -0.39 is 28.4 Å². The van der Waals surface area contributed by atoms with Gasteiger partial charge in [-0.2, -0.15) is 0 Å². The van der Waals surface area contributed by atoms with Gasteiger partial charge in [0, 0.05) is 11.4 Å². The van der Waals surface area contributed by atoms with Crippen LogP contribution in [0.25, 0.3) is 0 Å². The minimum Gasteiger partial charge on any atom is -0.497 e. The van der Waals surface area contributed by atoms with Crippen molar-refractivity contribution in [2.75, 3.05) is 20.3 Å². The van der Waals surface area contributed by atoms with Gasteiger partial charge in [0.15, 0.2) is 0 Å². The number of carbonyl (C=O) groups is 2. The lowest BCUT2D eigenvalue weighted by Gasteiger charge is -2.10. The van der Waals surface area contributed by atoms with Gasteiger partial charge >= 0.3 is 0 Å². The van der Waals surface area contributed by atoms with E-state index in [1.807, 2.05) is 0 Å². The molecular formula is C19H21Cl2N3O6S. The van der Waals surface area contributed by atoms with E-state index in [1.54, 1.807) is 18.2 Å². The normalized spacial score (nSPS) is 10.9. The van der Waals surface area contributed by atoms with Gasteiger partial charge in [-0.1, -0.05) is 23.2 Å². The number of hydrazine groups is 1. The lowest BCUT2D eigenvalue weighted by Crippen LogP contribution is -2.46. The number of methoxy groups -OCH3 is 1. The third-order valence-corrected chi connectivity index (χ3v) is 5.78. The average molecular weight is 490 g/mol. The smallest absolute Gasteiger partial charge is 0.253 e. The zero-order chi connectivity index (χ0) is 22.9. The molecule has 2 rings (SSSR count). The van der Waals surface area contributed by atoms with E-state index >= 15 is 0 Å². The molecular weight excluding hydrogens is 469 g/mol. The van der Waals surface area contributed by atoms with E-state index in [9.17, 15) is 18.0 Å². The number of hydrogen-bond donors (Lipinski definition) is 3. The predicted molar refractivity (Wildman–Crippen MR) is 116 cm³/mol. The molecule has 0 saturated carbocycles. The number of rotatable bonds is 10. The molecule has 0 unspecified atom stereocenters. The summed E-state index contributed by atoms with van der Waals surface area (Å²) in [5, 5.41) is 0.847. The molecule has 0 aliphatic rings. The number of sulfonamides is 1. The minimum absolute atomic E-state index is 0.0223. The van der Waals surface area contributed by atoms with Gasteiger partial charge in [0.25, 0.3) is 5.91 Å². The first-order valence-corrected chi connectivity index (χ1v) is 11.2. The Labute approximate surface area is 190 Å². The summed E-state index contributed by atoms with van der Waals surface area (Å²) >= 11 is 11.8. The van der Waals surface area contributed by atoms with Crippen molar-refractivity contribution in [2.45, 2.75) is 17.7 Å². The van der Waals surface area contributed by atoms with Crippen LogP contribution in [0.3, 0.4) is 0 Å². The van der Waals surface area contributed by atoms with Crippen molar-refractivity contribution < 1.29 is 27.5 Å². The van der Waals surface area contributed by atoms with Crippen molar-refractivity contribution >= 4 is 45.0 Å². The third-order valence-electron chi connectivity index (χ3n) is 3.83. The van der Waals surface area contributed by atoms with E-state index in [0.717, 1.165) is 0 Å². The molecule has 2 aromatic rings. The molecule has 0 saturated heterocycles. The fraction of sp³-hybridized carbons (Fsp3) is 0.263. The second kappa shape index (κ2) is 11.8. The highest BCUT2D eigenvalue weighted by Crippen LogP contribution is 2.27.